The number of ether oxygens (including phenoxy) is 2. The van der Waals surface area contributed by atoms with Gasteiger partial charge >= 0.3 is 6.03 Å². The number of nitrogens with one attached hydrogen (secondary N) is 1. The minimum atomic E-state index is -1.30. The molecule has 2 heterocycles. The lowest BCUT2D eigenvalue weighted by molar-refractivity contribution is -0.138. The zero-order chi connectivity index (χ0) is 22.2. The molecule has 2 aromatic carbocycles. The second kappa shape index (κ2) is 8.22. The van der Waals surface area contributed by atoms with Crippen molar-refractivity contribution in [3.05, 3.63) is 58.1 Å². The highest BCUT2D eigenvalue weighted by Crippen LogP contribution is 2.36. The average Bonchev–Trinajstić information content (AvgIpc) is 2.98. The van der Waals surface area contributed by atoms with Gasteiger partial charge in [-0.25, -0.2) is 4.79 Å². The first-order chi connectivity index (χ1) is 14.8. The third kappa shape index (κ3) is 3.97. The van der Waals surface area contributed by atoms with Gasteiger partial charge in [0.2, 0.25) is 5.91 Å². The van der Waals surface area contributed by atoms with Crippen molar-refractivity contribution in [2.75, 3.05) is 26.8 Å². The summed E-state index contributed by atoms with van der Waals surface area (Å²) < 4.78 is 12.0. The SMILES string of the molecule is CN(Cc1ccccc1Br)C(=O)CN1C(=O)NC(C)(c2ccc3c(c2)OCCO3)C1=O. The van der Waals surface area contributed by atoms with Crippen LogP contribution in [0, 0.1) is 0 Å². The molecule has 1 N–H and O–H groups in total. The Hall–Kier alpha value is -3.07. The molecule has 4 amide bonds. The number of fused-ring (bicyclic) bond motifs is 1. The van der Waals surface area contributed by atoms with E-state index in [1.807, 2.05) is 24.3 Å². The van der Waals surface area contributed by atoms with Crippen molar-refractivity contribution < 1.29 is 23.9 Å². The number of carbonyl (C=O) groups is 3. The molecule has 0 aromatic heterocycles. The molecule has 0 aliphatic carbocycles. The van der Waals surface area contributed by atoms with E-state index in [9.17, 15) is 14.4 Å². The Labute approximate surface area is 188 Å². The molecule has 1 atom stereocenters. The van der Waals surface area contributed by atoms with E-state index < -0.39 is 17.5 Å². The third-order valence-electron chi connectivity index (χ3n) is 5.48. The van der Waals surface area contributed by atoms with Crippen LogP contribution in [0.25, 0.3) is 0 Å². The standard InChI is InChI=1S/C22H22BrN3O5/c1-22(15-7-8-17-18(11-15)31-10-9-30-17)20(28)26(21(29)24-22)13-19(27)25(2)12-14-5-3-4-6-16(14)23/h3-8,11H,9-10,12-13H2,1-2H3,(H,24,29). The predicted octanol–water partition coefficient (Wildman–Crippen LogP) is 2.65. The van der Waals surface area contributed by atoms with Gasteiger partial charge in [0.05, 0.1) is 0 Å². The molecule has 4 rings (SSSR count). The zero-order valence-electron chi connectivity index (χ0n) is 17.2. The average molecular weight is 488 g/mol. The molecule has 1 fully saturated rings. The minimum Gasteiger partial charge on any atom is -0.486 e. The minimum absolute atomic E-state index is 0.342. The molecule has 1 unspecified atom stereocenters. The van der Waals surface area contributed by atoms with E-state index in [0.717, 1.165) is 14.9 Å². The molecule has 2 aromatic rings. The molecule has 31 heavy (non-hydrogen) atoms. The number of rotatable bonds is 5. The van der Waals surface area contributed by atoms with Gasteiger partial charge in [0.25, 0.3) is 5.91 Å². The molecule has 8 nitrogen and oxygen atoms in total. The van der Waals surface area contributed by atoms with Crippen molar-refractivity contribution in [1.82, 2.24) is 15.1 Å². The van der Waals surface area contributed by atoms with E-state index in [2.05, 4.69) is 21.2 Å². The van der Waals surface area contributed by atoms with Crippen LogP contribution in [0.5, 0.6) is 11.5 Å². The van der Waals surface area contributed by atoms with Crippen LogP contribution >= 0.6 is 15.9 Å². The first-order valence-corrected chi connectivity index (χ1v) is 10.6. The first kappa shape index (κ1) is 21.2. The van der Waals surface area contributed by atoms with Crippen LogP contribution in [0.2, 0.25) is 0 Å². The van der Waals surface area contributed by atoms with Crippen LogP contribution in [0.3, 0.4) is 0 Å². The first-order valence-electron chi connectivity index (χ1n) is 9.81. The second-order valence-corrected chi connectivity index (χ2v) is 8.50. The molecule has 0 saturated carbocycles. The third-order valence-corrected chi connectivity index (χ3v) is 6.25. The molecular formula is C22H22BrN3O5. The number of amides is 4. The maximum atomic E-state index is 13.2. The number of benzene rings is 2. The van der Waals surface area contributed by atoms with Crippen molar-refractivity contribution in [3.63, 3.8) is 0 Å². The lowest BCUT2D eigenvalue weighted by Gasteiger charge is -2.25. The summed E-state index contributed by atoms with van der Waals surface area (Å²) in [6.45, 7) is 2.50. The molecule has 0 bridgehead atoms. The fraction of sp³-hybridized carbons (Fsp3) is 0.318. The Bertz CT molecular complexity index is 1060. The van der Waals surface area contributed by atoms with Crippen molar-refractivity contribution in [2.24, 2.45) is 0 Å². The van der Waals surface area contributed by atoms with Crippen molar-refractivity contribution >= 4 is 33.8 Å². The van der Waals surface area contributed by atoms with Gasteiger partial charge in [-0.05, 0) is 36.2 Å². The van der Waals surface area contributed by atoms with E-state index in [1.54, 1.807) is 32.2 Å². The van der Waals surface area contributed by atoms with Crippen LogP contribution in [0.1, 0.15) is 18.1 Å². The van der Waals surface area contributed by atoms with Gasteiger partial charge in [-0.3, -0.25) is 14.5 Å². The summed E-state index contributed by atoms with van der Waals surface area (Å²) in [6, 6.07) is 12.1. The maximum Gasteiger partial charge on any atom is 0.325 e. The van der Waals surface area contributed by atoms with E-state index in [0.29, 0.717) is 36.8 Å². The number of likely N-dealkylation sites (N-methyl/N-ethyl adjacent to an activating group) is 1. The predicted molar refractivity (Wildman–Crippen MR) is 116 cm³/mol. The Morgan fingerprint density at radius 1 is 1.16 bits per heavy atom. The maximum absolute atomic E-state index is 13.2. The van der Waals surface area contributed by atoms with Gasteiger partial charge in [-0.1, -0.05) is 40.2 Å². The summed E-state index contributed by atoms with van der Waals surface area (Å²) in [5.74, 6) is 0.285. The monoisotopic (exact) mass is 487 g/mol. The Kier molecular flexibility index (Phi) is 5.62. The summed E-state index contributed by atoms with van der Waals surface area (Å²) in [5.41, 5.74) is 0.192. The normalized spacial score (nSPS) is 19.9. The van der Waals surface area contributed by atoms with Gasteiger partial charge in [0.15, 0.2) is 11.5 Å². The van der Waals surface area contributed by atoms with E-state index in [1.165, 1.54) is 4.90 Å². The van der Waals surface area contributed by atoms with Crippen LogP contribution in [0.4, 0.5) is 4.79 Å². The highest BCUT2D eigenvalue weighted by molar-refractivity contribution is 9.10. The summed E-state index contributed by atoms with van der Waals surface area (Å²) in [5, 5.41) is 2.72. The number of nitrogens with zero attached hydrogens (tertiary/aromatic N) is 2. The summed E-state index contributed by atoms with van der Waals surface area (Å²) in [4.78, 5) is 40.9. The Morgan fingerprint density at radius 3 is 2.61 bits per heavy atom. The lowest BCUT2D eigenvalue weighted by atomic mass is 9.91. The zero-order valence-corrected chi connectivity index (χ0v) is 18.8. The molecule has 2 aliphatic heterocycles. The van der Waals surface area contributed by atoms with Crippen molar-refractivity contribution in [1.29, 1.82) is 0 Å². The summed E-state index contributed by atoms with van der Waals surface area (Å²) in [7, 11) is 1.64. The molecule has 2 aliphatic rings. The number of imide groups is 1. The summed E-state index contributed by atoms with van der Waals surface area (Å²) >= 11 is 3.46. The quantitative estimate of drug-likeness (QED) is 0.654. The van der Waals surface area contributed by atoms with Crippen molar-refractivity contribution in [3.8, 4) is 11.5 Å². The molecule has 0 radical (unpaired) electrons. The van der Waals surface area contributed by atoms with Gasteiger partial charge in [-0.2, -0.15) is 0 Å². The van der Waals surface area contributed by atoms with E-state index in [-0.39, 0.29) is 12.5 Å². The molecule has 0 spiro atoms. The fourth-order valence-corrected chi connectivity index (χ4v) is 4.03. The molecular weight excluding hydrogens is 466 g/mol. The number of carbonyl (C=O) groups excluding carboxylic acids is 3. The number of urea groups is 1. The lowest BCUT2D eigenvalue weighted by Crippen LogP contribution is -2.43. The van der Waals surface area contributed by atoms with Crippen molar-refractivity contribution in [2.45, 2.75) is 19.0 Å². The smallest absolute Gasteiger partial charge is 0.325 e. The Morgan fingerprint density at radius 2 is 1.87 bits per heavy atom. The number of hydrogen-bond donors (Lipinski definition) is 1. The van der Waals surface area contributed by atoms with Crippen LogP contribution in [-0.4, -0.2) is 54.5 Å². The number of hydrogen-bond acceptors (Lipinski definition) is 5. The fourth-order valence-electron chi connectivity index (χ4n) is 3.62. The molecule has 162 valence electrons. The van der Waals surface area contributed by atoms with Gasteiger partial charge in [-0.15, -0.1) is 0 Å². The van der Waals surface area contributed by atoms with Gasteiger partial charge in [0.1, 0.15) is 25.3 Å². The van der Waals surface area contributed by atoms with E-state index in [4.69, 9.17) is 9.47 Å². The van der Waals surface area contributed by atoms with E-state index >= 15 is 0 Å². The highest BCUT2D eigenvalue weighted by Gasteiger charge is 2.50. The van der Waals surface area contributed by atoms with Gasteiger partial charge < -0.3 is 19.7 Å². The Balaban J connectivity index is 1.49. The highest BCUT2D eigenvalue weighted by atomic mass is 79.9. The van der Waals surface area contributed by atoms with Crippen LogP contribution < -0.4 is 14.8 Å². The largest absolute Gasteiger partial charge is 0.486 e. The number of halogens is 1. The van der Waals surface area contributed by atoms with Gasteiger partial charge in [0, 0.05) is 18.1 Å². The topological polar surface area (TPSA) is 88.2 Å². The van der Waals surface area contributed by atoms with Crippen LogP contribution in [0.15, 0.2) is 46.9 Å². The molecule has 9 heteroatoms. The summed E-state index contributed by atoms with van der Waals surface area (Å²) in [6.07, 6.45) is 0. The molecule has 1 saturated heterocycles. The second-order valence-electron chi connectivity index (χ2n) is 7.65. The van der Waals surface area contributed by atoms with Crippen LogP contribution in [-0.2, 0) is 21.7 Å².